The van der Waals surface area contributed by atoms with Crippen LogP contribution in [0.2, 0.25) is 13.1 Å². The molecule has 0 heterocycles. The van der Waals surface area contributed by atoms with Gasteiger partial charge >= 0.3 is 26.2 Å². The van der Waals surface area contributed by atoms with E-state index in [0.29, 0.717) is 0 Å². The third-order valence-corrected chi connectivity index (χ3v) is 7.35. The van der Waals surface area contributed by atoms with Crippen LogP contribution in [0.5, 0.6) is 0 Å². The molecule has 39 heavy (non-hydrogen) atoms. The third-order valence-electron chi connectivity index (χ3n) is 5.73. The molecule has 0 aromatic heterocycles. The van der Waals surface area contributed by atoms with Gasteiger partial charge in [-0.25, -0.2) is 0 Å². The minimum Gasteiger partial charge on any atom is -0.384 e. The Morgan fingerprint density at radius 1 is 0.641 bits per heavy atom. The van der Waals surface area contributed by atoms with Crippen LogP contribution in [0, 0.1) is 81.4 Å². The van der Waals surface area contributed by atoms with E-state index in [1.54, 1.807) is 0 Å². The normalized spacial score (nSPS) is 16.2. The zero-order valence-corrected chi connectivity index (χ0v) is 26.3. The molecule has 3 heteroatoms. The van der Waals surface area contributed by atoms with E-state index in [1.165, 1.54) is 0 Å². The molecule has 2 fully saturated rings. The van der Waals surface area contributed by atoms with Crippen LogP contribution in [0.4, 0.5) is 0 Å². The molecule has 0 bridgehead atoms. The van der Waals surface area contributed by atoms with Gasteiger partial charge < -0.3 is 5.11 Å². The first-order chi connectivity index (χ1) is 18.4. The summed E-state index contributed by atoms with van der Waals surface area (Å²) >= 11 is 0. The van der Waals surface area contributed by atoms with Crippen molar-refractivity contribution in [3.63, 3.8) is 0 Å². The van der Waals surface area contributed by atoms with Gasteiger partial charge in [0.2, 0.25) is 0 Å². The van der Waals surface area contributed by atoms with Crippen LogP contribution in [-0.2, 0) is 31.8 Å². The van der Waals surface area contributed by atoms with Gasteiger partial charge in [-0.3, -0.25) is 5.70 Å². The van der Waals surface area contributed by atoms with Gasteiger partial charge in [-0.2, -0.15) is 11.1 Å². The van der Waals surface area contributed by atoms with Crippen molar-refractivity contribution in [1.82, 2.24) is 0 Å². The molecule has 1 atom stereocenters. The average Bonchev–Trinajstić information content (AvgIpc) is 3.72. The van der Waals surface area contributed by atoms with Crippen molar-refractivity contribution >= 4 is 13.6 Å². The van der Waals surface area contributed by atoms with E-state index >= 15 is 0 Å². The van der Waals surface area contributed by atoms with Crippen LogP contribution in [0.3, 0.4) is 0 Å². The van der Waals surface area contributed by atoms with Gasteiger partial charge in [0.25, 0.3) is 0 Å². The maximum Gasteiger partial charge on any atom is 3.00 e. The van der Waals surface area contributed by atoms with Crippen molar-refractivity contribution in [2.45, 2.75) is 25.6 Å². The van der Waals surface area contributed by atoms with E-state index in [0.717, 1.165) is 22.3 Å². The second-order valence-corrected chi connectivity index (χ2v) is 13.2. The fourth-order valence-electron chi connectivity index (χ4n) is 3.72. The summed E-state index contributed by atoms with van der Waals surface area (Å²) in [5.41, 5.74) is 9.56. The minimum atomic E-state index is -2.18. The fourth-order valence-corrected chi connectivity index (χ4v) is 5.25. The Labute approximate surface area is 258 Å². The summed E-state index contributed by atoms with van der Waals surface area (Å²) in [6.07, 6.45) is 20.0. The van der Waals surface area contributed by atoms with Crippen LogP contribution in [0.15, 0.2) is 91.0 Å². The SMILES string of the molecule is CC(O)(C(=[C-][Si](C)(C)C#Cc1ccccc1)c1ccccc1)c1ccccc1.[CH]1[CH][CH][CH][CH]1.[CH]1[CH][CH][CH][CH]1.[Zr+3]. The maximum absolute atomic E-state index is 11.5. The molecule has 1 unspecified atom stereocenters. The molecule has 3 aromatic rings. The number of hydrogen-bond donors (Lipinski definition) is 1. The second-order valence-electron chi connectivity index (χ2n) is 9.47. The van der Waals surface area contributed by atoms with Crippen molar-refractivity contribution in [2.24, 2.45) is 0 Å². The van der Waals surface area contributed by atoms with Crippen molar-refractivity contribution in [2.75, 3.05) is 0 Å². The summed E-state index contributed by atoms with van der Waals surface area (Å²) in [5, 5.41) is 11.5. The fraction of sp³-hybridized carbons (Fsp3) is 0.111. The van der Waals surface area contributed by atoms with Gasteiger partial charge in [-0.05, 0) is 88.8 Å². The second kappa shape index (κ2) is 17.7. The minimum absolute atomic E-state index is 0. The Bertz CT molecular complexity index is 1120. The number of aliphatic hydroxyl groups is 1. The first-order valence-electron chi connectivity index (χ1n) is 12.8. The van der Waals surface area contributed by atoms with E-state index in [9.17, 15) is 5.11 Å². The Balaban J connectivity index is 0.000000403. The predicted molar refractivity (Wildman–Crippen MR) is 163 cm³/mol. The molecule has 2 saturated carbocycles. The van der Waals surface area contributed by atoms with E-state index in [4.69, 9.17) is 0 Å². The molecule has 2 aliphatic carbocycles. The van der Waals surface area contributed by atoms with E-state index < -0.39 is 13.7 Å². The van der Waals surface area contributed by atoms with Crippen LogP contribution in [-0.4, -0.2) is 13.2 Å². The molecule has 1 N–H and O–H groups in total. The average molecular weight is 603 g/mol. The zero-order valence-electron chi connectivity index (χ0n) is 22.9. The van der Waals surface area contributed by atoms with Gasteiger partial charge in [0.15, 0.2) is 0 Å². The number of rotatable bonds is 4. The summed E-state index contributed by atoms with van der Waals surface area (Å²) in [6.45, 7) is 6.16. The molecule has 191 valence electrons. The van der Waals surface area contributed by atoms with Crippen molar-refractivity contribution in [3.05, 3.63) is 178 Å². The number of hydrogen-bond acceptors (Lipinski definition) is 1. The topological polar surface area (TPSA) is 20.2 Å². The predicted octanol–water partition coefficient (Wildman–Crippen LogP) is 7.66. The van der Waals surface area contributed by atoms with Crippen molar-refractivity contribution in [3.8, 4) is 11.5 Å². The smallest absolute Gasteiger partial charge is 0.384 e. The Kier molecular flexibility index (Phi) is 15.0. The molecule has 0 amide bonds. The van der Waals surface area contributed by atoms with Gasteiger partial charge in [0.1, 0.15) is 0 Å². The molecule has 3 aromatic carbocycles. The Morgan fingerprint density at radius 2 is 1.03 bits per heavy atom. The summed E-state index contributed by atoms with van der Waals surface area (Å²) in [7, 11) is -2.18. The van der Waals surface area contributed by atoms with Crippen LogP contribution in [0.25, 0.3) is 5.57 Å². The van der Waals surface area contributed by atoms with Crippen molar-refractivity contribution < 1.29 is 31.3 Å². The van der Waals surface area contributed by atoms with E-state index in [2.05, 4.69) is 30.3 Å². The first kappa shape index (κ1) is 33.2. The maximum atomic E-state index is 11.5. The third kappa shape index (κ3) is 12.0. The molecular weight excluding hydrogens is 568 g/mol. The van der Waals surface area contributed by atoms with Gasteiger partial charge in [-0.1, -0.05) is 85.7 Å². The summed E-state index contributed by atoms with van der Waals surface area (Å²) in [6, 6.07) is 29.8. The molecule has 0 spiro atoms. The van der Waals surface area contributed by atoms with Gasteiger partial charge in [0, 0.05) is 5.56 Å². The monoisotopic (exact) mass is 601 g/mol. The summed E-state index contributed by atoms with van der Waals surface area (Å²) in [5.74, 6) is 3.29. The zero-order chi connectivity index (χ0) is 27.1. The Hall–Kier alpha value is -1.98. The first-order valence-corrected chi connectivity index (χ1v) is 15.8. The largest absolute Gasteiger partial charge is 3.00 e. The van der Waals surface area contributed by atoms with Crippen LogP contribution in [0.1, 0.15) is 23.6 Å². The number of benzene rings is 3. The van der Waals surface area contributed by atoms with Gasteiger partial charge in [0.05, 0.1) is 13.7 Å². The van der Waals surface area contributed by atoms with Gasteiger partial charge in [-0.15, -0.1) is 17.7 Å². The summed E-state index contributed by atoms with van der Waals surface area (Å²) < 4.78 is 0. The van der Waals surface area contributed by atoms with Crippen LogP contribution >= 0.6 is 0 Å². The molecule has 0 saturated heterocycles. The van der Waals surface area contributed by atoms with E-state index in [1.807, 2.05) is 162 Å². The quantitative estimate of drug-likeness (QED) is 0.185. The molecule has 11 radical (unpaired) electrons. The van der Waals surface area contributed by atoms with E-state index in [-0.39, 0.29) is 26.2 Å². The van der Waals surface area contributed by atoms with Crippen LogP contribution < -0.4 is 0 Å². The Morgan fingerprint density at radius 3 is 1.46 bits per heavy atom. The molecule has 0 aliphatic heterocycles. The molecular formula is C36H35OSiZr+2. The van der Waals surface area contributed by atoms with Crippen molar-refractivity contribution in [1.29, 1.82) is 0 Å². The molecule has 2 aliphatic rings. The summed E-state index contributed by atoms with van der Waals surface area (Å²) in [4.78, 5) is 0. The molecule has 1 nitrogen and oxygen atoms in total. The molecule has 5 rings (SSSR count). The standard InChI is InChI=1S/C26H25OSi.2C5H5.Zr/c1-26(27,24-17-11-6-12-18-24)25(23-15-9-5-10-16-23)21-28(2,3)20-19-22-13-7-4-8-14-22;2*1-2-4-5-3-1;/h4-18,27H,1-3H3;2*1-5H;/q-1;;;+3.